The fourth-order valence-corrected chi connectivity index (χ4v) is 2.81. The number of allylic oxidation sites excluding steroid dienone is 7. The second-order valence-corrected chi connectivity index (χ2v) is 6.64. The molecule has 0 atom stereocenters. The highest BCUT2D eigenvalue weighted by molar-refractivity contribution is 5.90. The zero-order valence-electron chi connectivity index (χ0n) is 16.0. The molecule has 0 spiro atoms. The number of halogens is 6. The fraction of sp³-hybridized carbons (Fsp3) is 0.238. The summed E-state index contributed by atoms with van der Waals surface area (Å²) in [4.78, 5) is 23.0. The van der Waals surface area contributed by atoms with Crippen molar-refractivity contribution in [2.24, 2.45) is 0 Å². The van der Waals surface area contributed by atoms with Crippen LogP contribution < -0.4 is 0 Å². The lowest BCUT2D eigenvalue weighted by Gasteiger charge is -2.16. The second kappa shape index (κ2) is 8.44. The Kier molecular flexibility index (Phi) is 6.53. The third kappa shape index (κ3) is 5.65. The van der Waals surface area contributed by atoms with Gasteiger partial charge in [-0.2, -0.15) is 26.3 Å². The summed E-state index contributed by atoms with van der Waals surface area (Å²) in [6, 6.07) is 0. The largest absolute Gasteiger partial charge is 0.427 e. The average Bonchev–Trinajstić information content (AvgIpc) is 2.93. The van der Waals surface area contributed by atoms with Gasteiger partial charge in [0.2, 0.25) is 0 Å². The summed E-state index contributed by atoms with van der Waals surface area (Å²) in [6.07, 6.45) is -6.63. The monoisotopic (exact) mass is 446 g/mol. The Bertz CT molecular complexity index is 986. The van der Waals surface area contributed by atoms with Crippen molar-refractivity contribution in [3.63, 3.8) is 0 Å². The predicted molar refractivity (Wildman–Crippen MR) is 97.9 cm³/mol. The molecule has 0 amide bonds. The van der Waals surface area contributed by atoms with Crippen LogP contribution in [0.2, 0.25) is 0 Å². The standard InChI is InChI=1S/C21H16F6O4/c1-10(30-18(28)12(3)20(22,23)24)7-14-8-15-9-16(5-6-17(15)11(14)2)31-19(29)13(4)21(25,26)27/h7,9H,1-6,8H2/b14-7-. The van der Waals surface area contributed by atoms with Gasteiger partial charge in [0.1, 0.15) is 22.7 Å². The van der Waals surface area contributed by atoms with Crippen molar-refractivity contribution in [1.29, 1.82) is 0 Å². The predicted octanol–water partition coefficient (Wildman–Crippen LogP) is 5.68. The number of alkyl halides is 6. The molecule has 0 bridgehead atoms. The number of hydrogen-bond donors (Lipinski definition) is 0. The van der Waals surface area contributed by atoms with Crippen molar-refractivity contribution in [3.8, 4) is 0 Å². The number of carbonyl (C=O) groups excluding carboxylic acids is 2. The molecule has 0 aromatic heterocycles. The molecule has 2 aliphatic rings. The summed E-state index contributed by atoms with van der Waals surface area (Å²) in [5.41, 5.74) is -1.01. The number of ether oxygens (including phenoxy) is 2. The van der Waals surface area contributed by atoms with Crippen LogP contribution in [0.4, 0.5) is 26.3 Å². The molecular weight excluding hydrogens is 430 g/mol. The average molecular weight is 446 g/mol. The van der Waals surface area contributed by atoms with Gasteiger partial charge in [0.25, 0.3) is 0 Å². The third-order valence-electron chi connectivity index (χ3n) is 4.44. The van der Waals surface area contributed by atoms with Crippen LogP contribution in [0, 0.1) is 0 Å². The first-order valence-electron chi connectivity index (χ1n) is 8.59. The van der Waals surface area contributed by atoms with Crippen LogP contribution >= 0.6 is 0 Å². The molecule has 0 aromatic carbocycles. The first-order valence-corrected chi connectivity index (χ1v) is 8.59. The number of carbonyl (C=O) groups is 2. The molecule has 0 heterocycles. The van der Waals surface area contributed by atoms with Gasteiger partial charge in [-0.25, -0.2) is 9.59 Å². The van der Waals surface area contributed by atoms with E-state index < -0.39 is 35.4 Å². The zero-order valence-corrected chi connectivity index (χ0v) is 16.0. The topological polar surface area (TPSA) is 52.6 Å². The van der Waals surface area contributed by atoms with Gasteiger partial charge in [0, 0.05) is 6.42 Å². The van der Waals surface area contributed by atoms with Crippen LogP contribution in [-0.2, 0) is 19.1 Å². The van der Waals surface area contributed by atoms with Crippen LogP contribution in [0.5, 0.6) is 0 Å². The molecule has 166 valence electrons. The fourth-order valence-electron chi connectivity index (χ4n) is 2.81. The zero-order chi connectivity index (χ0) is 23.7. The lowest BCUT2D eigenvalue weighted by Crippen LogP contribution is -2.21. The first kappa shape index (κ1) is 24.0. The van der Waals surface area contributed by atoms with Crippen molar-refractivity contribution < 1.29 is 45.4 Å². The van der Waals surface area contributed by atoms with Crippen LogP contribution in [0.3, 0.4) is 0 Å². The Hall–Kier alpha value is -3.30. The molecule has 2 aliphatic carbocycles. The molecule has 31 heavy (non-hydrogen) atoms. The maximum absolute atomic E-state index is 12.5. The van der Waals surface area contributed by atoms with Crippen molar-refractivity contribution in [1.82, 2.24) is 0 Å². The van der Waals surface area contributed by atoms with Crippen LogP contribution in [0.25, 0.3) is 0 Å². The first-order chi connectivity index (χ1) is 14.1. The summed E-state index contributed by atoms with van der Waals surface area (Å²) in [5, 5.41) is 0. The lowest BCUT2D eigenvalue weighted by molar-refractivity contribution is -0.148. The van der Waals surface area contributed by atoms with Gasteiger partial charge in [0.15, 0.2) is 0 Å². The SMILES string of the molecule is C=C(/C=C1/CC2=C(CCC(OC(=O)C(=C)C(F)(F)F)=C2)C1=C)OC(=O)C(=C)C(F)(F)F. The maximum Gasteiger partial charge on any atom is 0.422 e. The minimum Gasteiger partial charge on any atom is -0.427 e. The van der Waals surface area contributed by atoms with E-state index in [1.54, 1.807) is 0 Å². The Labute approximate surface area is 173 Å². The van der Waals surface area contributed by atoms with Gasteiger partial charge < -0.3 is 9.47 Å². The molecule has 0 saturated heterocycles. The van der Waals surface area contributed by atoms with E-state index in [0.29, 0.717) is 23.1 Å². The highest BCUT2D eigenvalue weighted by Crippen LogP contribution is 2.43. The molecule has 0 fully saturated rings. The molecule has 0 unspecified atom stereocenters. The van der Waals surface area contributed by atoms with Crippen LogP contribution in [0.15, 0.2) is 83.4 Å². The third-order valence-corrected chi connectivity index (χ3v) is 4.44. The van der Waals surface area contributed by atoms with Crippen molar-refractivity contribution >= 4 is 11.9 Å². The lowest BCUT2D eigenvalue weighted by atomic mass is 9.96. The van der Waals surface area contributed by atoms with Gasteiger partial charge >= 0.3 is 24.3 Å². The van der Waals surface area contributed by atoms with Crippen molar-refractivity contribution in [2.75, 3.05) is 0 Å². The Morgan fingerprint density at radius 3 is 2.03 bits per heavy atom. The molecule has 0 radical (unpaired) electrons. The minimum atomic E-state index is -4.95. The van der Waals surface area contributed by atoms with E-state index in [1.165, 1.54) is 12.2 Å². The van der Waals surface area contributed by atoms with Gasteiger partial charge in [-0.3, -0.25) is 0 Å². The molecular formula is C21H16F6O4. The number of rotatable bonds is 5. The summed E-state index contributed by atoms with van der Waals surface area (Å²) >= 11 is 0. The minimum absolute atomic E-state index is 0.00920. The van der Waals surface area contributed by atoms with Gasteiger partial charge in [0.05, 0.1) is 0 Å². The van der Waals surface area contributed by atoms with E-state index in [4.69, 9.17) is 4.74 Å². The molecule has 0 saturated carbocycles. The van der Waals surface area contributed by atoms with E-state index in [1.807, 2.05) is 0 Å². The summed E-state index contributed by atoms with van der Waals surface area (Å²) in [5.74, 6) is -3.67. The van der Waals surface area contributed by atoms with E-state index in [2.05, 4.69) is 31.1 Å². The number of hydrogen-bond acceptors (Lipinski definition) is 4. The van der Waals surface area contributed by atoms with Crippen LogP contribution in [-0.4, -0.2) is 24.3 Å². The molecule has 4 nitrogen and oxygen atoms in total. The maximum atomic E-state index is 12.5. The number of esters is 2. The van der Waals surface area contributed by atoms with E-state index in [9.17, 15) is 35.9 Å². The molecule has 2 rings (SSSR count). The molecule has 0 N–H and O–H groups in total. The Balaban J connectivity index is 2.08. The molecule has 10 heteroatoms. The smallest absolute Gasteiger partial charge is 0.422 e. The van der Waals surface area contributed by atoms with Crippen molar-refractivity contribution in [3.05, 3.63) is 83.4 Å². The summed E-state index contributed by atoms with van der Waals surface area (Å²) in [6.45, 7) is 12.6. The van der Waals surface area contributed by atoms with Gasteiger partial charge in [-0.15, -0.1) is 0 Å². The van der Waals surface area contributed by atoms with Crippen molar-refractivity contribution in [2.45, 2.75) is 31.6 Å². The van der Waals surface area contributed by atoms with Gasteiger partial charge in [-0.1, -0.05) is 26.3 Å². The van der Waals surface area contributed by atoms with E-state index in [-0.39, 0.29) is 24.4 Å². The highest BCUT2D eigenvalue weighted by Gasteiger charge is 2.39. The summed E-state index contributed by atoms with van der Waals surface area (Å²) < 4.78 is 84.4. The Morgan fingerprint density at radius 2 is 1.48 bits per heavy atom. The molecule has 0 aliphatic heterocycles. The Morgan fingerprint density at radius 1 is 0.935 bits per heavy atom. The highest BCUT2D eigenvalue weighted by atomic mass is 19.4. The van der Waals surface area contributed by atoms with Crippen LogP contribution in [0.1, 0.15) is 19.3 Å². The normalized spacial score (nSPS) is 17.8. The second-order valence-electron chi connectivity index (χ2n) is 6.64. The quantitative estimate of drug-likeness (QED) is 0.236. The van der Waals surface area contributed by atoms with E-state index >= 15 is 0 Å². The van der Waals surface area contributed by atoms with Gasteiger partial charge in [-0.05, 0) is 47.3 Å². The molecule has 0 aromatic rings. The van der Waals surface area contributed by atoms with E-state index in [0.717, 1.165) is 5.57 Å². The summed E-state index contributed by atoms with van der Waals surface area (Å²) in [7, 11) is 0.